The second kappa shape index (κ2) is 3.55. The molecule has 1 aromatic rings. The first-order chi connectivity index (χ1) is 7.74. The van der Waals surface area contributed by atoms with E-state index < -0.39 is 0 Å². The predicted molar refractivity (Wildman–Crippen MR) is 67.7 cm³/mol. The van der Waals surface area contributed by atoms with Crippen LogP contribution >= 0.6 is 22.6 Å². The highest BCUT2D eigenvalue weighted by molar-refractivity contribution is 14.1. The van der Waals surface area contributed by atoms with E-state index in [2.05, 4.69) is 22.6 Å². The van der Waals surface area contributed by atoms with Gasteiger partial charge in [0.25, 0.3) is 11.8 Å². The minimum Gasteiger partial charge on any atom is -0.271 e. The van der Waals surface area contributed by atoms with Gasteiger partial charge in [0.15, 0.2) is 0 Å². The van der Waals surface area contributed by atoms with Gasteiger partial charge in [-0.25, -0.2) is 0 Å². The van der Waals surface area contributed by atoms with E-state index >= 15 is 0 Å². The number of carbonyl (C=O) groups excluding carboxylic acids is 2. The molecule has 0 aromatic heterocycles. The Morgan fingerprint density at radius 2 is 1.75 bits per heavy atom. The van der Waals surface area contributed by atoms with Gasteiger partial charge in [0, 0.05) is 10.5 Å². The van der Waals surface area contributed by atoms with Crippen LogP contribution in [0.25, 0.3) is 0 Å². The topological polar surface area (TPSA) is 37.4 Å². The number of amides is 2. The number of alkyl halides is 1. The van der Waals surface area contributed by atoms with Crippen LogP contribution < -0.4 is 0 Å². The molecule has 2 atom stereocenters. The van der Waals surface area contributed by atoms with Gasteiger partial charge < -0.3 is 0 Å². The van der Waals surface area contributed by atoms with Gasteiger partial charge in [-0.3, -0.25) is 14.5 Å². The van der Waals surface area contributed by atoms with Crippen LogP contribution in [0.3, 0.4) is 0 Å². The highest BCUT2D eigenvalue weighted by Gasteiger charge is 2.49. The van der Waals surface area contributed by atoms with Gasteiger partial charge in [0.05, 0.1) is 11.1 Å². The predicted octanol–water partition coefficient (Wildman–Crippen LogP) is 2.11. The monoisotopic (exact) mass is 327 g/mol. The zero-order valence-electron chi connectivity index (χ0n) is 8.52. The first-order valence-electron chi connectivity index (χ1n) is 5.27. The van der Waals surface area contributed by atoms with Gasteiger partial charge in [-0.1, -0.05) is 34.7 Å². The Labute approximate surface area is 107 Å². The second-order valence-corrected chi connectivity index (χ2v) is 5.12. The fraction of sp³-hybridized carbons (Fsp3) is 0.333. The molecule has 82 valence electrons. The maximum absolute atomic E-state index is 12.1. The first-order valence-corrected chi connectivity index (χ1v) is 6.79. The molecule has 1 heterocycles. The van der Waals surface area contributed by atoms with Crippen LogP contribution in [0.1, 0.15) is 27.1 Å². The Hall–Kier alpha value is -0.910. The number of hydrogen-bond donors (Lipinski definition) is 0. The van der Waals surface area contributed by atoms with Crippen molar-refractivity contribution in [1.29, 1.82) is 0 Å². The molecule has 16 heavy (non-hydrogen) atoms. The fourth-order valence-electron chi connectivity index (χ4n) is 2.22. The zero-order chi connectivity index (χ0) is 11.3. The molecule has 1 aliphatic heterocycles. The van der Waals surface area contributed by atoms with Crippen LogP contribution in [0.5, 0.6) is 0 Å². The molecule has 0 bridgehead atoms. The molecule has 4 heteroatoms. The zero-order valence-corrected chi connectivity index (χ0v) is 10.7. The molecule has 2 aliphatic rings. The molecule has 1 aromatic carbocycles. The largest absolute Gasteiger partial charge is 0.271 e. The Balaban J connectivity index is 1.96. The molecule has 0 saturated heterocycles. The van der Waals surface area contributed by atoms with Gasteiger partial charge in [0.1, 0.15) is 0 Å². The average molecular weight is 327 g/mol. The van der Waals surface area contributed by atoms with Gasteiger partial charge in [-0.05, 0) is 24.5 Å². The number of benzene rings is 1. The standard InChI is InChI=1S/C12H10INO2/c13-6-7-5-10(7)14-11(15)8-3-1-2-4-9(8)12(14)16/h1-4,7,10H,5-6H2/t7-,10+/m1/s1. The molecule has 0 unspecified atom stereocenters. The maximum atomic E-state index is 12.1. The normalized spacial score (nSPS) is 27.2. The highest BCUT2D eigenvalue weighted by Crippen LogP contribution is 2.41. The van der Waals surface area contributed by atoms with E-state index in [4.69, 9.17) is 0 Å². The van der Waals surface area contributed by atoms with E-state index in [9.17, 15) is 9.59 Å². The Morgan fingerprint density at radius 3 is 2.19 bits per heavy atom. The number of hydrogen-bond acceptors (Lipinski definition) is 2. The summed E-state index contributed by atoms with van der Waals surface area (Å²) in [5, 5.41) is 0. The van der Waals surface area contributed by atoms with Crippen molar-refractivity contribution in [2.45, 2.75) is 12.5 Å². The lowest BCUT2D eigenvalue weighted by atomic mass is 10.1. The number of halogens is 1. The Kier molecular flexibility index (Phi) is 2.27. The molecule has 3 nitrogen and oxygen atoms in total. The summed E-state index contributed by atoms with van der Waals surface area (Å²) < 4.78 is 1.01. The van der Waals surface area contributed by atoms with Crippen molar-refractivity contribution in [3.63, 3.8) is 0 Å². The molecule has 1 aliphatic carbocycles. The minimum absolute atomic E-state index is 0.113. The molecule has 3 rings (SSSR count). The summed E-state index contributed by atoms with van der Waals surface area (Å²) in [6.07, 6.45) is 0.967. The first kappa shape index (κ1) is 10.3. The number of nitrogens with zero attached hydrogens (tertiary/aromatic N) is 1. The van der Waals surface area contributed by atoms with Crippen molar-refractivity contribution < 1.29 is 9.59 Å². The summed E-state index contributed by atoms with van der Waals surface area (Å²) in [6.45, 7) is 0. The summed E-state index contributed by atoms with van der Waals surface area (Å²) in [4.78, 5) is 25.6. The van der Waals surface area contributed by atoms with Crippen molar-refractivity contribution in [3.05, 3.63) is 35.4 Å². The van der Waals surface area contributed by atoms with Crippen LogP contribution in [-0.2, 0) is 0 Å². The molecule has 0 N–H and O–H groups in total. The van der Waals surface area contributed by atoms with Crippen molar-refractivity contribution in [2.75, 3.05) is 4.43 Å². The molecule has 1 fully saturated rings. The van der Waals surface area contributed by atoms with Gasteiger partial charge in [-0.15, -0.1) is 0 Å². The molecule has 0 radical (unpaired) electrons. The quantitative estimate of drug-likeness (QED) is 0.474. The minimum atomic E-state index is -0.113. The van der Waals surface area contributed by atoms with Crippen LogP contribution in [0.2, 0.25) is 0 Å². The van der Waals surface area contributed by atoms with Crippen LogP contribution in [0.4, 0.5) is 0 Å². The molecule has 0 spiro atoms. The Bertz CT molecular complexity index is 451. The lowest BCUT2D eigenvalue weighted by Gasteiger charge is -2.12. The van der Waals surface area contributed by atoms with E-state index in [1.165, 1.54) is 4.90 Å². The molecular formula is C12H10INO2. The number of carbonyl (C=O) groups is 2. The van der Waals surface area contributed by atoms with E-state index in [1.807, 2.05) is 0 Å². The number of imide groups is 1. The van der Waals surface area contributed by atoms with Crippen LogP contribution in [0, 0.1) is 5.92 Å². The van der Waals surface area contributed by atoms with E-state index in [0.717, 1.165) is 10.8 Å². The summed E-state index contributed by atoms with van der Waals surface area (Å²) in [6, 6.07) is 7.21. The highest BCUT2D eigenvalue weighted by atomic mass is 127. The number of rotatable bonds is 2. The van der Waals surface area contributed by atoms with Crippen molar-refractivity contribution in [2.24, 2.45) is 5.92 Å². The average Bonchev–Trinajstić information content (AvgIpc) is 3.03. The summed E-state index contributed by atoms with van der Waals surface area (Å²) in [5.41, 5.74) is 1.12. The third-order valence-electron chi connectivity index (χ3n) is 3.24. The summed E-state index contributed by atoms with van der Waals surface area (Å²) in [5.74, 6) is 0.277. The van der Waals surface area contributed by atoms with E-state index in [-0.39, 0.29) is 17.9 Å². The smallest absolute Gasteiger partial charge is 0.261 e. The van der Waals surface area contributed by atoms with Gasteiger partial charge >= 0.3 is 0 Å². The van der Waals surface area contributed by atoms with Gasteiger partial charge in [-0.2, -0.15) is 0 Å². The van der Waals surface area contributed by atoms with Crippen molar-refractivity contribution in [1.82, 2.24) is 4.90 Å². The molecular weight excluding hydrogens is 317 g/mol. The Morgan fingerprint density at radius 1 is 1.19 bits per heavy atom. The van der Waals surface area contributed by atoms with Crippen LogP contribution in [-0.4, -0.2) is 27.2 Å². The van der Waals surface area contributed by atoms with E-state index in [1.54, 1.807) is 24.3 Å². The second-order valence-electron chi connectivity index (χ2n) is 4.24. The van der Waals surface area contributed by atoms with E-state index in [0.29, 0.717) is 17.0 Å². The third-order valence-corrected chi connectivity index (χ3v) is 4.37. The molecule has 2 amide bonds. The summed E-state index contributed by atoms with van der Waals surface area (Å²) in [7, 11) is 0. The number of fused-ring (bicyclic) bond motifs is 1. The molecule has 1 saturated carbocycles. The SMILES string of the molecule is O=C1c2ccccc2C(=O)N1[C@H]1C[C@@H]1CI. The maximum Gasteiger partial charge on any atom is 0.261 e. The van der Waals surface area contributed by atoms with Crippen LogP contribution in [0.15, 0.2) is 24.3 Å². The lowest BCUT2D eigenvalue weighted by Crippen LogP contribution is -2.33. The van der Waals surface area contributed by atoms with Crippen molar-refractivity contribution in [3.8, 4) is 0 Å². The van der Waals surface area contributed by atoms with Crippen molar-refractivity contribution >= 4 is 34.4 Å². The summed E-state index contributed by atoms with van der Waals surface area (Å²) >= 11 is 2.31. The fourth-order valence-corrected chi connectivity index (χ4v) is 3.17. The van der Waals surface area contributed by atoms with Gasteiger partial charge in [0.2, 0.25) is 0 Å². The lowest BCUT2D eigenvalue weighted by molar-refractivity contribution is 0.0636. The third kappa shape index (κ3) is 1.32.